The first kappa shape index (κ1) is 13.2. The lowest BCUT2D eigenvalue weighted by Crippen LogP contribution is -2.34. The molecule has 1 aliphatic carbocycles. The average Bonchev–Trinajstić information content (AvgIpc) is 3.02. The zero-order valence-electron chi connectivity index (χ0n) is 11.5. The van der Waals surface area contributed by atoms with Crippen molar-refractivity contribution in [2.75, 3.05) is 5.73 Å². The second-order valence-electron chi connectivity index (χ2n) is 5.06. The summed E-state index contributed by atoms with van der Waals surface area (Å²) < 4.78 is 1.68. The van der Waals surface area contributed by atoms with Crippen molar-refractivity contribution in [2.24, 2.45) is 0 Å². The van der Waals surface area contributed by atoms with E-state index in [9.17, 15) is 4.79 Å². The van der Waals surface area contributed by atoms with Crippen molar-refractivity contribution in [1.82, 2.24) is 14.7 Å². The fraction of sp³-hybridized carbons (Fsp3) is 0.429. The molecule has 0 aliphatic heterocycles. The molecule has 20 heavy (non-hydrogen) atoms. The number of anilines is 1. The number of carbonyl (C=O) groups excluding carboxylic acids is 1. The van der Waals surface area contributed by atoms with Crippen LogP contribution in [0.2, 0.25) is 0 Å². The maximum absolute atomic E-state index is 12.8. The molecule has 0 unspecified atom stereocenters. The van der Waals surface area contributed by atoms with Crippen LogP contribution >= 0.6 is 11.3 Å². The molecule has 1 saturated carbocycles. The molecule has 1 amide bonds. The summed E-state index contributed by atoms with van der Waals surface area (Å²) in [7, 11) is 0. The summed E-state index contributed by atoms with van der Waals surface area (Å²) >= 11 is 1.65. The Balaban J connectivity index is 1.87. The highest BCUT2D eigenvalue weighted by molar-refractivity contribution is 7.07. The number of aromatic nitrogens is 2. The molecule has 5 nitrogen and oxygen atoms in total. The molecule has 106 valence electrons. The minimum Gasteiger partial charge on any atom is -0.396 e. The van der Waals surface area contributed by atoms with E-state index in [1.54, 1.807) is 22.2 Å². The number of carbonyl (C=O) groups is 1. The molecular weight excluding hydrogens is 272 g/mol. The lowest BCUT2D eigenvalue weighted by Gasteiger charge is -2.22. The second-order valence-corrected chi connectivity index (χ2v) is 5.84. The van der Waals surface area contributed by atoms with Gasteiger partial charge < -0.3 is 10.6 Å². The Hall–Kier alpha value is -1.82. The van der Waals surface area contributed by atoms with Gasteiger partial charge in [0.05, 0.1) is 11.9 Å². The third-order valence-electron chi connectivity index (χ3n) is 3.55. The molecule has 0 spiro atoms. The van der Waals surface area contributed by atoms with Gasteiger partial charge in [-0.05, 0) is 42.2 Å². The molecule has 2 N–H and O–H groups in total. The summed E-state index contributed by atoms with van der Waals surface area (Å²) in [6.45, 7) is 3.26. The molecule has 0 aromatic carbocycles. The SMILES string of the molecule is CCn1ncc(N)c1C(=O)N(Cc1ccsc1)C1CC1. The molecule has 6 heteroatoms. The minimum absolute atomic E-state index is 0.00412. The van der Waals surface area contributed by atoms with Gasteiger partial charge in [-0.15, -0.1) is 0 Å². The van der Waals surface area contributed by atoms with Crippen molar-refractivity contribution in [3.63, 3.8) is 0 Å². The first-order chi connectivity index (χ1) is 9.70. The van der Waals surface area contributed by atoms with E-state index in [0.717, 1.165) is 12.8 Å². The molecule has 2 aromatic rings. The lowest BCUT2D eigenvalue weighted by atomic mass is 10.2. The molecule has 2 heterocycles. The predicted octanol–water partition coefficient (Wildman–Crippen LogP) is 2.35. The van der Waals surface area contributed by atoms with Crippen LogP contribution in [0.4, 0.5) is 5.69 Å². The third kappa shape index (κ3) is 2.43. The van der Waals surface area contributed by atoms with Crippen LogP contribution in [-0.4, -0.2) is 26.6 Å². The highest BCUT2D eigenvalue weighted by Gasteiger charge is 2.35. The summed E-state index contributed by atoms with van der Waals surface area (Å²) in [5.74, 6) is -0.00412. The Kier molecular flexibility index (Phi) is 3.48. The van der Waals surface area contributed by atoms with Gasteiger partial charge in [-0.25, -0.2) is 0 Å². The maximum Gasteiger partial charge on any atom is 0.274 e. The number of hydrogen-bond acceptors (Lipinski definition) is 4. The van der Waals surface area contributed by atoms with Crippen molar-refractivity contribution in [3.8, 4) is 0 Å². The van der Waals surface area contributed by atoms with Crippen molar-refractivity contribution < 1.29 is 4.79 Å². The Bertz CT molecular complexity index is 601. The van der Waals surface area contributed by atoms with E-state index >= 15 is 0 Å². The Morgan fingerprint density at radius 3 is 3.00 bits per heavy atom. The van der Waals surface area contributed by atoms with E-state index in [1.165, 1.54) is 5.56 Å². The summed E-state index contributed by atoms with van der Waals surface area (Å²) in [5, 5.41) is 8.28. The Morgan fingerprint density at radius 1 is 1.60 bits per heavy atom. The topological polar surface area (TPSA) is 64.2 Å². The van der Waals surface area contributed by atoms with Crippen LogP contribution in [0.5, 0.6) is 0 Å². The normalized spacial score (nSPS) is 14.4. The van der Waals surface area contributed by atoms with E-state index in [-0.39, 0.29) is 5.91 Å². The molecule has 1 aliphatic rings. The largest absolute Gasteiger partial charge is 0.396 e. The standard InChI is InChI=1S/C14H18N4OS/c1-2-18-13(12(15)7-16-18)14(19)17(11-3-4-11)8-10-5-6-20-9-10/h5-7,9,11H,2-4,8,15H2,1H3. The monoisotopic (exact) mass is 290 g/mol. The first-order valence-electron chi connectivity index (χ1n) is 6.84. The zero-order valence-corrected chi connectivity index (χ0v) is 12.3. The van der Waals surface area contributed by atoms with Crippen molar-refractivity contribution in [3.05, 3.63) is 34.3 Å². The van der Waals surface area contributed by atoms with Crippen LogP contribution < -0.4 is 5.73 Å². The molecule has 0 radical (unpaired) electrons. The minimum atomic E-state index is -0.00412. The van der Waals surface area contributed by atoms with Gasteiger partial charge in [0.15, 0.2) is 0 Å². The van der Waals surface area contributed by atoms with Crippen LogP contribution in [0, 0.1) is 0 Å². The van der Waals surface area contributed by atoms with Crippen LogP contribution in [0.1, 0.15) is 35.8 Å². The highest BCUT2D eigenvalue weighted by atomic mass is 32.1. The quantitative estimate of drug-likeness (QED) is 0.919. The summed E-state index contributed by atoms with van der Waals surface area (Å²) in [5.41, 5.74) is 8.09. The number of thiophene rings is 1. The average molecular weight is 290 g/mol. The molecule has 1 fully saturated rings. The van der Waals surface area contributed by atoms with Gasteiger partial charge in [0.2, 0.25) is 0 Å². The number of rotatable bonds is 5. The number of amides is 1. The Labute approximate surface area is 122 Å². The maximum atomic E-state index is 12.8. The van der Waals surface area contributed by atoms with E-state index < -0.39 is 0 Å². The van der Waals surface area contributed by atoms with E-state index in [2.05, 4.69) is 16.5 Å². The number of nitrogen functional groups attached to an aromatic ring is 1. The van der Waals surface area contributed by atoms with Crippen LogP contribution in [0.15, 0.2) is 23.0 Å². The zero-order chi connectivity index (χ0) is 14.1. The molecule has 0 atom stereocenters. The van der Waals surface area contributed by atoms with Gasteiger partial charge in [0, 0.05) is 19.1 Å². The second kappa shape index (κ2) is 5.28. The number of hydrogen-bond donors (Lipinski definition) is 1. The third-order valence-corrected chi connectivity index (χ3v) is 4.28. The number of nitrogens with zero attached hydrogens (tertiary/aromatic N) is 3. The van der Waals surface area contributed by atoms with Gasteiger partial charge in [-0.2, -0.15) is 16.4 Å². The van der Waals surface area contributed by atoms with Gasteiger partial charge in [-0.1, -0.05) is 0 Å². The van der Waals surface area contributed by atoms with Gasteiger partial charge in [-0.3, -0.25) is 9.48 Å². The molecular formula is C14H18N4OS. The molecule has 0 saturated heterocycles. The van der Waals surface area contributed by atoms with Gasteiger partial charge in [0.1, 0.15) is 5.69 Å². The fourth-order valence-electron chi connectivity index (χ4n) is 2.34. The smallest absolute Gasteiger partial charge is 0.274 e. The van der Waals surface area contributed by atoms with E-state index in [0.29, 0.717) is 30.5 Å². The van der Waals surface area contributed by atoms with Crippen molar-refractivity contribution >= 4 is 22.9 Å². The van der Waals surface area contributed by atoms with Crippen molar-refractivity contribution in [1.29, 1.82) is 0 Å². The molecule has 2 aromatic heterocycles. The van der Waals surface area contributed by atoms with Gasteiger partial charge >= 0.3 is 0 Å². The van der Waals surface area contributed by atoms with Gasteiger partial charge in [0.25, 0.3) is 5.91 Å². The number of nitrogens with two attached hydrogens (primary N) is 1. The van der Waals surface area contributed by atoms with E-state index in [4.69, 9.17) is 5.73 Å². The first-order valence-corrected chi connectivity index (χ1v) is 7.78. The summed E-state index contributed by atoms with van der Waals surface area (Å²) in [6.07, 6.45) is 3.72. The number of aryl methyl sites for hydroxylation is 1. The summed E-state index contributed by atoms with van der Waals surface area (Å²) in [6, 6.07) is 2.41. The predicted molar refractivity (Wildman–Crippen MR) is 79.5 cm³/mol. The summed E-state index contributed by atoms with van der Waals surface area (Å²) in [4.78, 5) is 14.7. The van der Waals surface area contributed by atoms with Crippen LogP contribution in [0.25, 0.3) is 0 Å². The molecule has 3 rings (SSSR count). The fourth-order valence-corrected chi connectivity index (χ4v) is 3.00. The van der Waals surface area contributed by atoms with Crippen molar-refractivity contribution in [2.45, 2.75) is 38.9 Å². The van der Waals surface area contributed by atoms with E-state index in [1.807, 2.05) is 17.2 Å². The molecule has 0 bridgehead atoms. The Morgan fingerprint density at radius 2 is 2.40 bits per heavy atom. The van der Waals surface area contributed by atoms with Crippen LogP contribution in [-0.2, 0) is 13.1 Å². The van der Waals surface area contributed by atoms with Crippen LogP contribution in [0.3, 0.4) is 0 Å². The highest BCUT2D eigenvalue weighted by Crippen LogP contribution is 2.31. The lowest BCUT2D eigenvalue weighted by molar-refractivity contribution is 0.0718.